The highest BCUT2D eigenvalue weighted by Crippen LogP contribution is 2.22. The molecule has 5 nitrogen and oxygen atoms in total. The number of amides is 1. The van der Waals surface area contributed by atoms with Gasteiger partial charge in [-0.2, -0.15) is 0 Å². The first-order valence-electron chi connectivity index (χ1n) is 10.2. The van der Waals surface area contributed by atoms with Crippen LogP contribution in [0.1, 0.15) is 16.7 Å². The summed E-state index contributed by atoms with van der Waals surface area (Å²) in [7, 11) is 0. The maximum atomic E-state index is 13.2. The van der Waals surface area contributed by atoms with Crippen molar-refractivity contribution in [3.05, 3.63) is 98.8 Å². The van der Waals surface area contributed by atoms with Crippen LogP contribution in [0.25, 0.3) is 10.9 Å². The molecule has 0 aliphatic heterocycles. The van der Waals surface area contributed by atoms with Crippen LogP contribution in [0.4, 0.5) is 5.69 Å². The summed E-state index contributed by atoms with van der Waals surface area (Å²) in [5.41, 5.74) is 4.24. The summed E-state index contributed by atoms with van der Waals surface area (Å²) in [4.78, 5) is 30.6. The van der Waals surface area contributed by atoms with Gasteiger partial charge in [0, 0.05) is 10.7 Å². The van der Waals surface area contributed by atoms with E-state index in [1.165, 1.54) is 11.8 Å². The average Bonchev–Trinajstić information content (AvgIpc) is 2.78. The van der Waals surface area contributed by atoms with Crippen LogP contribution in [0.3, 0.4) is 0 Å². The van der Waals surface area contributed by atoms with Crippen molar-refractivity contribution in [3.8, 4) is 0 Å². The molecule has 4 rings (SSSR count). The number of aryl methyl sites for hydroxylation is 2. The summed E-state index contributed by atoms with van der Waals surface area (Å²) in [5, 5.41) is 4.67. The number of hydrogen-bond acceptors (Lipinski definition) is 4. The number of carbonyl (C=O) groups excluding carboxylic acids is 1. The van der Waals surface area contributed by atoms with E-state index in [0.29, 0.717) is 27.6 Å². The Morgan fingerprint density at radius 1 is 1.00 bits per heavy atom. The molecule has 0 unspecified atom stereocenters. The molecule has 0 aliphatic rings. The number of nitrogens with zero attached hydrogens (tertiary/aromatic N) is 2. The van der Waals surface area contributed by atoms with Gasteiger partial charge >= 0.3 is 0 Å². The fourth-order valence-electron chi connectivity index (χ4n) is 3.49. The Morgan fingerprint density at radius 3 is 2.41 bits per heavy atom. The van der Waals surface area contributed by atoms with Gasteiger partial charge in [0.15, 0.2) is 5.16 Å². The SMILES string of the molecule is Cc1cccc(C)c1NC(=O)CSc1nc2ccccc2c(=O)n1Cc1ccc(Cl)cc1. The molecule has 0 saturated carbocycles. The highest BCUT2D eigenvalue weighted by molar-refractivity contribution is 7.99. The molecule has 7 heteroatoms. The van der Waals surface area contributed by atoms with Gasteiger partial charge in [0.05, 0.1) is 23.2 Å². The Labute approximate surface area is 195 Å². The number of anilines is 1. The molecule has 3 aromatic carbocycles. The van der Waals surface area contributed by atoms with Crippen molar-refractivity contribution in [1.82, 2.24) is 9.55 Å². The van der Waals surface area contributed by atoms with Gasteiger partial charge in [0.2, 0.25) is 5.91 Å². The fraction of sp³-hybridized carbons (Fsp3) is 0.160. The monoisotopic (exact) mass is 463 g/mol. The molecule has 0 aliphatic carbocycles. The van der Waals surface area contributed by atoms with Crippen molar-refractivity contribution in [2.45, 2.75) is 25.5 Å². The molecule has 0 spiro atoms. The van der Waals surface area contributed by atoms with Gasteiger partial charge < -0.3 is 5.32 Å². The summed E-state index contributed by atoms with van der Waals surface area (Å²) >= 11 is 7.25. The van der Waals surface area contributed by atoms with Gasteiger partial charge in [-0.15, -0.1) is 0 Å². The van der Waals surface area contributed by atoms with Crippen LogP contribution in [-0.4, -0.2) is 21.2 Å². The van der Waals surface area contributed by atoms with E-state index in [9.17, 15) is 9.59 Å². The van der Waals surface area contributed by atoms with Gasteiger partial charge in [-0.1, -0.05) is 65.8 Å². The number of benzene rings is 3. The largest absolute Gasteiger partial charge is 0.325 e. The first kappa shape index (κ1) is 22.1. The topological polar surface area (TPSA) is 64.0 Å². The number of thioether (sulfide) groups is 1. The maximum absolute atomic E-state index is 13.2. The fourth-order valence-corrected chi connectivity index (χ4v) is 4.41. The van der Waals surface area contributed by atoms with E-state index in [-0.39, 0.29) is 17.2 Å². The van der Waals surface area contributed by atoms with Crippen molar-refractivity contribution < 1.29 is 4.79 Å². The Bertz CT molecular complexity index is 1330. The lowest BCUT2D eigenvalue weighted by molar-refractivity contribution is -0.113. The van der Waals surface area contributed by atoms with E-state index in [1.807, 2.05) is 62.4 Å². The zero-order valence-electron chi connectivity index (χ0n) is 17.8. The highest BCUT2D eigenvalue weighted by atomic mass is 35.5. The van der Waals surface area contributed by atoms with Crippen LogP contribution in [0, 0.1) is 13.8 Å². The molecule has 0 bridgehead atoms. The third-order valence-electron chi connectivity index (χ3n) is 5.16. The second-order valence-electron chi connectivity index (χ2n) is 7.53. The van der Waals surface area contributed by atoms with Gasteiger partial charge in [-0.25, -0.2) is 4.98 Å². The normalized spacial score (nSPS) is 11.0. The Morgan fingerprint density at radius 2 is 1.69 bits per heavy atom. The molecule has 1 aromatic heterocycles. The van der Waals surface area contributed by atoms with E-state index < -0.39 is 0 Å². The Balaban J connectivity index is 1.62. The number of hydrogen-bond donors (Lipinski definition) is 1. The van der Waals surface area contributed by atoms with Crippen LogP contribution < -0.4 is 10.9 Å². The summed E-state index contributed by atoms with van der Waals surface area (Å²) < 4.78 is 1.61. The average molecular weight is 464 g/mol. The lowest BCUT2D eigenvalue weighted by Crippen LogP contribution is -2.25. The van der Waals surface area contributed by atoms with Crippen molar-refractivity contribution in [2.75, 3.05) is 11.1 Å². The summed E-state index contributed by atoms with van der Waals surface area (Å²) in [5.74, 6) is -0.00744. The van der Waals surface area contributed by atoms with E-state index in [4.69, 9.17) is 11.6 Å². The molecule has 162 valence electrons. The summed E-state index contributed by atoms with van der Waals surface area (Å²) in [6.07, 6.45) is 0. The molecule has 1 amide bonds. The van der Waals surface area contributed by atoms with Crippen LogP contribution >= 0.6 is 23.4 Å². The zero-order chi connectivity index (χ0) is 22.7. The van der Waals surface area contributed by atoms with Crippen molar-refractivity contribution in [2.24, 2.45) is 0 Å². The second-order valence-corrected chi connectivity index (χ2v) is 8.91. The predicted octanol–water partition coefficient (Wildman–Crippen LogP) is 5.45. The molecule has 0 fully saturated rings. The molecule has 0 radical (unpaired) electrons. The van der Waals surface area contributed by atoms with Gasteiger partial charge in [0.25, 0.3) is 5.56 Å². The molecular formula is C25H22ClN3O2S. The van der Waals surface area contributed by atoms with Crippen LogP contribution in [-0.2, 0) is 11.3 Å². The number of nitrogens with one attached hydrogen (secondary N) is 1. The molecule has 0 saturated heterocycles. The first-order chi connectivity index (χ1) is 15.4. The van der Waals surface area contributed by atoms with Gasteiger partial charge in [-0.3, -0.25) is 14.2 Å². The van der Waals surface area contributed by atoms with E-state index >= 15 is 0 Å². The molecule has 4 aromatic rings. The maximum Gasteiger partial charge on any atom is 0.262 e. The third kappa shape index (κ3) is 4.87. The van der Waals surface area contributed by atoms with Gasteiger partial charge in [0.1, 0.15) is 0 Å². The first-order valence-corrected chi connectivity index (χ1v) is 11.5. The van der Waals surface area contributed by atoms with Crippen LogP contribution in [0.5, 0.6) is 0 Å². The smallest absolute Gasteiger partial charge is 0.262 e. The summed E-state index contributed by atoms with van der Waals surface area (Å²) in [6, 6.07) is 20.5. The summed E-state index contributed by atoms with van der Waals surface area (Å²) in [6.45, 7) is 4.27. The minimum Gasteiger partial charge on any atom is -0.325 e. The molecule has 1 heterocycles. The third-order valence-corrected chi connectivity index (χ3v) is 6.39. The minimum atomic E-state index is -0.146. The van der Waals surface area contributed by atoms with E-state index in [1.54, 1.807) is 22.8 Å². The molecule has 0 atom stereocenters. The quantitative estimate of drug-likeness (QED) is 0.305. The van der Waals surface area contributed by atoms with Crippen molar-refractivity contribution in [3.63, 3.8) is 0 Å². The highest BCUT2D eigenvalue weighted by Gasteiger charge is 2.15. The van der Waals surface area contributed by atoms with E-state index in [0.717, 1.165) is 22.4 Å². The molecular weight excluding hydrogens is 442 g/mol. The number of halogens is 1. The molecule has 32 heavy (non-hydrogen) atoms. The zero-order valence-corrected chi connectivity index (χ0v) is 19.3. The minimum absolute atomic E-state index is 0.136. The number of aromatic nitrogens is 2. The van der Waals surface area contributed by atoms with E-state index in [2.05, 4.69) is 10.3 Å². The number of fused-ring (bicyclic) bond motifs is 1. The second kappa shape index (κ2) is 9.59. The lowest BCUT2D eigenvalue weighted by Gasteiger charge is -2.14. The predicted molar refractivity (Wildman–Crippen MR) is 132 cm³/mol. The number of para-hydroxylation sites is 2. The van der Waals surface area contributed by atoms with Gasteiger partial charge in [-0.05, 0) is 54.8 Å². The lowest BCUT2D eigenvalue weighted by atomic mass is 10.1. The van der Waals surface area contributed by atoms with Crippen LogP contribution in [0.15, 0.2) is 76.7 Å². The number of rotatable bonds is 6. The van der Waals surface area contributed by atoms with Crippen molar-refractivity contribution >= 4 is 45.9 Å². The Hall–Kier alpha value is -3.09. The van der Waals surface area contributed by atoms with Crippen molar-refractivity contribution in [1.29, 1.82) is 0 Å². The molecule has 1 N–H and O–H groups in total. The standard InChI is InChI=1S/C25H22ClN3O2S/c1-16-6-5-7-17(2)23(16)28-22(30)15-32-25-27-21-9-4-3-8-20(21)24(31)29(25)14-18-10-12-19(26)13-11-18/h3-13H,14-15H2,1-2H3,(H,28,30). The van der Waals surface area contributed by atoms with Crippen LogP contribution in [0.2, 0.25) is 5.02 Å². The Kier molecular flexibility index (Phi) is 6.63. The number of carbonyl (C=O) groups is 1.